The molecule has 9 heteroatoms. The summed E-state index contributed by atoms with van der Waals surface area (Å²) in [6.07, 6.45) is 0. The van der Waals surface area contributed by atoms with E-state index in [4.69, 9.17) is 18.9 Å². The summed E-state index contributed by atoms with van der Waals surface area (Å²) in [4.78, 5) is 37.1. The minimum absolute atomic E-state index is 0.157. The lowest BCUT2D eigenvalue weighted by Gasteiger charge is -2.12. The summed E-state index contributed by atoms with van der Waals surface area (Å²) in [7, 11) is 0. The molecule has 3 rings (SSSR count). The first-order valence-corrected chi connectivity index (χ1v) is 9.41. The Hall–Kier alpha value is -3.43. The second kappa shape index (κ2) is 10.9. The van der Waals surface area contributed by atoms with Gasteiger partial charge in [0.25, 0.3) is 11.8 Å². The molecule has 0 spiro atoms. The summed E-state index contributed by atoms with van der Waals surface area (Å²) in [5, 5.41) is 4.26. The number of urea groups is 1. The minimum Gasteiger partial charge on any atom is -0.490 e. The van der Waals surface area contributed by atoms with E-state index < -0.39 is 17.8 Å². The Balaban J connectivity index is 1.76. The number of para-hydroxylation sites is 2. The van der Waals surface area contributed by atoms with Gasteiger partial charge in [0.1, 0.15) is 24.7 Å². The van der Waals surface area contributed by atoms with Crippen LogP contribution in [0, 0.1) is 0 Å². The van der Waals surface area contributed by atoms with Crippen molar-refractivity contribution in [3.05, 3.63) is 59.7 Å². The quantitative estimate of drug-likeness (QED) is 0.676. The Morgan fingerprint density at radius 2 is 0.967 bits per heavy atom. The number of fused-ring (bicyclic) bond motifs is 2. The van der Waals surface area contributed by atoms with Crippen molar-refractivity contribution < 1.29 is 33.3 Å². The molecule has 0 radical (unpaired) electrons. The molecule has 0 fully saturated rings. The lowest BCUT2D eigenvalue weighted by molar-refractivity contribution is 0.0272. The molecule has 1 heterocycles. The SMILES string of the molecule is O=C1NC(=O)c2ccccc2OCCOCCOCCOc2ccccc2C(=O)N1. The highest BCUT2D eigenvalue weighted by atomic mass is 16.6. The first-order valence-electron chi connectivity index (χ1n) is 9.41. The summed E-state index contributed by atoms with van der Waals surface area (Å²) < 4.78 is 22.0. The van der Waals surface area contributed by atoms with Crippen molar-refractivity contribution in [2.45, 2.75) is 0 Å². The van der Waals surface area contributed by atoms with E-state index in [0.29, 0.717) is 37.9 Å². The van der Waals surface area contributed by atoms with Crippen molar-refractivity contribution >= 4 is 17.8 Å². The number of hydrogen-bond donors (Lipinski definition) is 2. The molecule has 2 aromatic rings. The zero-order valence-electron chi connectivity index (χ0n) is 16.2. The third-order valence-corrected chi connectivity index (χ3v) is 4.06. The number of hydrogen-bond acceptors (Lipinski definition) is 7. The van der Waals surface area contributed by atoms with Gasteiger partial charge in [-0.15, -0.1) is 0 Å². The number of ether oxygens (including phenoxy) is 4. The molecule has 4 amide bonds. The smallest absolute Gasteiger partial charge is 0.328 e. The molecule has 0 aliphatic carbocycles. The maximum atomic E-state index is 12.5. The van der Waals surface area contributed by atoms with Crippen molar-refractivity contribution in [2.24, 2.45) is 0 Å². The Labute approximate surface area is 173 Å². The van der Waals surface area contributed by atoms with E-state index >= 15 is 0 Å². The van der Waals surface area contributed by atoms with Crippen molar-refractivity contribution in [1.29, 1.82) is 0 Å². The van der Waals surface area contributed by atoms with Crippen LogP contribution in [0.4, 0.5) is 4.79 Å². The minimum atomic E-state index is -0.959. The van der Waals surface area contributed by atoms with Crippen molar-refractivity contribution in [1.82, 2.24) is 10.6 Å². The fourth-order valence-electron chi connectivity index (χ4n) is 2.68. The highest BCUT2D eigenvalue weighted by molar-refractivity contribution is 6.12. The second-order valence-electron chi connectivity index (χ2n) is 6.15. The van der Waals surface area contributed by atoms with Gasteiger partial charge in [-0.1, -0.05) is 24.3 Å². The van der Waals surface area contributed by atoms with Gasteiger partial charge in [-0.05, 0) is 24.3 Å². The summed E-state index contributed by atoms with van der Waals surface area (Å²) in [6.45, 7) is 1.79. The number of nitrogens with one attached hydrogen (secondary N) is 2. The maximum Gasteiger partial charge on any atom is 0.328 e. The fourth-order valence-corrected chi connectivity index (χ4v) is 2.68. The van der Waals surface area contributed by atoms with Crippen LogP contribution < -0.4 is 20.1 Å². The van der Waals surface area contributed by atoms with Gasteiger partial charge in [0, 0.05) is 0 Å². The Morgan fingerprint density at radius 1 is 0.567 bits per heavy atom. The van der Waals surface area contributed by atoms with Crippen LogP contribution in [0.1, 0.15) is 20.7 Å². The number of imide groups is 2. The lowest BCUT2D eigenvalue weighted by atomic mass is 10.2. The summed E-state index contributed by atoms with van der Waals surface area (Å²) >= 11 is 0. The summed E-state index contributed by atoms with van der Waals surface area (Å²) in [6, 6.07) is 12.0. The molecule has 0 atom stereocenters. The average Bonchev–Trinajstić information content (AvgIpc) is 2.74. The van der Waals surface area contributed by atoms with Gasteiger partial charge in [0.05, 0.1) is 37.6 Å². The van der Waals surface area contributed by atoms with Gasteiger partial charge < -0.3 is 18.9 Å². The molecule has 1 aliphatic rings. The van der Waals surface area contributed by atoms with Crippen LogP contribution in [0.5, 0.6) is 11.5 Å². The normalized spacial score (nSPS) is 16.9. The molecular formula is C21H22N2O7. The number of benzene rings is 2. The van der Waals surface area contributed by atoms with Crippen molar-refractivity contribution in [3.63, 3.8) is 0 Å². The summed E-state index contributed by atoms with van der Waals surface area (Å²) in [5.74, 6) is -0.809. The Bertz CT molecular complexity index is 829. The molecule has 0 bridgehead atoms. The highest BCUT2D eigenvalue weighted by Crippen LogP contribution is 2.19. The fraction of sp³-hybridized carbons (Fsp3) is 0.286. The first kappa shape index (κ1) is 21.3. The first-order chi connectivity index (χ1) is 14.6. The average molecular weight is 414 g/mol. The third-order valence-electron chi connectivity index (χ3n) is 4.06. The molecule has 0 saturated heterocycles. The number of rotatable bonds is 0. The van der Waals surface area contributed by atoms with Crippen LogP contribution in [-0.4, -0.2) is 57.5 Å². The van der Waals surface area contributed by atoms with Crippen LogP contribution in [0.2, 0.25) is 0 Å². The number of carbonyl (C=O) groups is 3. The molecule has 158 valence electrons. The Morgan fingerprint density at radius 3 is 1.43 bits per heavy atom. The largest absolute Gasteiger partial charge is 0.490 e. The third kappa shape index (κ3) is 6.03. The molecule has 1 aliphatic heterocycles. The predicted octanol–water partition coefficient (Wildman–Crippen LogP) is 1.77. The predicted molar refractivity (Wildman–Crippen MR) is 106 cm³/mol. The van der Waals surface area contributed by atoms with Crippen LogP contribution in [0.3, 0.4) is 0 Å². The lowest BCUT2D eigenvalue weighted by Crippen LogP contribution is -2.42. The van der Waals surface area contributed by atoms with E-state index in [1.165, 1.54) is 12.1 Å². The van der Waals surface area contributed by atoms with E-state index in [2.05, 4.69) is 10.6 Å². The van der Waals surface area contributed by atoms with Gasteiger partial charge in [-0.2, -0.15) is 0 Å². The van der Waals surface area contributed by atoms with Crippen molar-refractivity contribution in [3.8, 4) is 11.5 Å². The van der Waals surface area contributed by atoms with Gasteiger partial charge in [-0.25, -0.2) is 4.79 Å². The number of amides is 4. The maximum absolute atomic E-state index is 12.5. The van der Waals surface area contributed by atoms with E-state index in [1.807, 2.05) is 0 Å². The van der Waals surface area contributed by atoms with Crippen LogP contribution in [-0.2, 0) is 9.47 Å². The Kier molecular flexibility index (Phi) is 7.76. The summed E-state index contributed by atoms with van der Waals surface area (Å²) in [5.41, 5.74) is 0.315. The van der Waals surface area contributed by atoms with E-state index in [9.17, 15) is 14.4 Å². The van der Waals surface area contributed by atoms with Gasteiger partial charge in [0.15, 0.2) is 0 Å². The number of carbonyl (C=O) groups excluding carboxylic acids is 3. The van der Waals surface area contributed by atoms with Crippen LogP contribution in [0.15, 0.2) is 48.5 Å². The van der Waals surface area contributed by atoms with Gasteiger partial charge >= 0.3 is 6.03 Å². The second-order valence-corrected chi connectivity index (χ2v) is 6.15. The molecular weight excluding hydrogens is 392 g/mol. The molecule has 2 N–H and O–H groups in total. The molecule has 9 nitrogen and oxygen atoms in total. The van der Waals surface area contributed by atoms with E-state index in [0.717, 1.165) is 0 Å². The standard InChI is InChI=1S/C21H22N2O7/c24-19-15-5-1-3-7-17(15)29-13-11-27-9-10-28-12-14-30-18-8-4-2-6-16(18)20(25)23-21(26)22-19/h1-8H,9-14H2,(H2,22,23,24,25,26). The van der Waals surface area contributed by atoms with Gasteiger partial charge in [-0.3, -0.25) is 20.2 Å². The van der Waals surface area contributed by atoms with Crippen LogP contribution in [0.25, 0.3) is 0 Å². The molecule has 2 aromatic carbocycles. The highest BCUT2D eigenvalue weighted by Gasteiger charge is 2.19. The topological polar surface area (TPSA) is 112 Å². The zero-order chi connectivity index (χ0) is 21.2. The van der Waals surface area contributed by atoms with Crippen molar-refractivity contribution in [2.75, 3.05) is 39.6 Å². The zero-order valence-corrected chi connectivity index (χ0v) is 16.2. The molecule has 0 unspecified atom stereocenters. The van der Waals surface area contributed by atoms with E-state index in [-0.39, 0.29) is 24.3 Å². The molecule has 0 saturated carbocycles. The molecule has 30 heavy (non-hydrogen) atoms. The molecule has 0 aromatic heterocycles. The van der Waals surface area contributed by atoms with Gasteiger partial charge in [0.2, 0.25) is 0 Å². The monoisotopic (exact) mass is 414 g/mol. The van der Waals surface area contributed by atoms with E-state index in [1.54, 1.807) is 36.4 Å². The van der Waals surface area contributed by atoms with Crippen LogP contribution >= 0.6 is 0 Å².